The molecule has 0 aliphatic carbocycles. The molecule has 142 valence electrons. The second-order valence-electron chi connectivity index (χ2n) is 6.37. The van der Waals surface area contributed by atoms with Gasteiger partial charge in [0.15, 0.2) is 0 Å². The van der Waals surface area contributed by atoms with E-state index in [1.165, 1.54) is 4.31 Å². The van der Waals surface area contributed by atoms with Gasteiger partial charge in [0.05, 0.1) is 5.75 Å². The van der Waals surface area contributed by atoms with Crippen LogP contribution < -0.4 is 5.32 Å². The lowest BCUT2D eigenvalue weighted by Crippen LogP contribution is -2.48. The van der Waals surface area contributed by atoms with Gasteiger partial charge in [-0.05, 0) is 32.9 Å². The van der Waals surface area contributed by atoms with Crippen molar-refractivity contribution in [3.63, 3.8) is 0 Å². The molecular formula is C15H31ClN4O3S. The predicted octanol–water partition coefficient (Wildman–Crippen LogP) is -0.0240. The molecule has 1 amide bonds. The van der Waals surface area contributed by atoms with E-state index in [9.17, 15) is 13.2 Å². The van der Waals surface area contributed by atoms with Gasteiger partial charge in [-0.1, -0.05) is 0 Å². The number of piperidine rings is 1. The smallest absolute Gasteiger partial charge is 0.223 e. The third-order valence-corrected chi connectivity index (χ3v) is 6.89. The lowest BCUT2D eigenvalue weighted by molar-refractivity contribution is -0.132. The van der Waals surface area contributed by atoms with Crippen LogP contribution in [0.25, 0.3) is 0 Å². The van der Waals surface area contributed by atoms with E-state index < -0.39 is 10.0 Å². The number of likely N-dealkylation sites (tertiary alicyclic amines) is 1. The van der Waals surface area contributed by atoms with E-state index in [1.807, 2.05) is 4.90 Å². The largest absolute Gasteiger partial charge is 0.340 e. The first-order chi connectivity index (χ1) is 10.9. The number of piperazine rings is 1. The van der Waals surface area contributed by atoms with Gasteiger partial charge in [0.25, 0.3) is 0 Å². The van der Waals surface area contributed by atoms with Crippen LogP contribution in [0.1, 0.15) is 26.2 Å². The van der Waals surface area contributed by atoms with Gasteiger partial charge in [-0.25, -0.2) is 12.7 Å². The molecule has 0 aromatic heterocycles. The highest BCUT2D eigenvalue weighted by molar-refractivity contribution is 7.89. The van der Waals surface area contributed by atoms with Crippen LogP contribution in [0.3, 0.4) is 0 Å². The number of hydrogen-bond donors (Lipinski definition) is 1. The Kier molecular flexibility index (Phi) is 8.94. The summed E-state index contributed by atoms with van der Waals surface area (Å²) in [4.78, 5) is 16.4. The van der Waals surface area contributed by atoms with Crippen LogP contribution in [-0.4, -0.2) is 93.1 Å². The number of rotatable bonds is 6. The molecule has 2 aliphatic rings. The Morgan fingerprint density at radius 2 is 1.75 bits per heavy atom. The fourth-order valence-electron chi connectivity index (χ4n) is 3.26. The molecule has 0 spiro atoms. The van der Waals surface area contributed by atoms with Crippen LogP contribution in [-0.2, 0) is 14.8 Å². The van der Waals surface area contributed by atoms with Crippen LogP contribution >= 0.6 is 12.4 Å². The molecule has 0 saturated carbocycles. The van der Waals surface area contributed by atoms with Crippen LogP contribution in [0.4, 0.5) is 0 Å². The van der Waals surface area contributed by atoms with Crippen molar-refractivity contribution >= 4 is 28.3 Å². The SMILES string of the molecule is CCS(=O)(=O)N(C)C1CCN(CCC(=O)N2CCNCC2)CC1.Cl. The topological polar surface area (TPSA) is 73.0 Å². The minimum Gasteiger partial charge on any atom is -0.340 e. The monoisotopic (exact) mass is 382 g/mol. The van der Waals surface area contributed by atoms with Gasteiger partial charge in [-0.15, -0.1) is 12.4 Å². The van der Waals surface area contributed by atoms with E-state index in [-0.39, 0.29) is 30.1 Å². The molecule has 7 nitrogen and oxygen atoms in total. The average Bonchev–Trinajstić information content (AvgIpc) is 2.60. The summed E-state index contributed by atoms with van der Waals surface area (Å²) in [5.41, 5.74) is 0. The van der Waals surface area contributed by atoms with Gasteiger partial charge in [0.2, 0.25) is 15.9 Å². The van der Waals surface area contributed by atoms with Crippen LogP contribution in [0.15, 0.2) is 0 Å². The van der Waals surface area contributed by atoms with Crippen molar-refractivity contribution in [1.82, 2.24) is 19.4 Å². The molecule has 2 fully saturated rings. The Balaban J connectivity index is 0.00000288. The third-order valence-electron chi connectivity index (χ3n) is 4.99. The molecule has 0 unspecified atom stereocenters. The molecule has 0 aromatic rings. The first kappa shape index (κ1) is 21.6. The van der Waals surface area contributed by atoms with Crippen molar-refractivity contribution < 1.29 is 13.2 Å². The molecule has 0 radical (unpaired) electrons. The highest BCUT2D eigenvalue weighted by Crippen LogP contribution is 2.18. The van der Waals surface area contributed by atoms with Crippen LogP contribution in [0.2, 0.25) is 0 Å². The maximum atomic E-state index is 12.2. The maximum Gasteiger partial charge on any atom is 0.223 e. The van der Waals surface area contributed by atoms with Crippen molar-refractivity contribution in [2.24, 2.45) is 0 Å². The summed E-state index contributed by atoms with van der Waals surface area (Å²) < 4.78 is 25.4. The molecule has 2 aliphatic heterocycles. The zero-order valence-electron chi connectivity index (χ0n) is 14.7. The van der Waals surface area contributed by atoms with Gasteiger partial charge in [-0.3, -0.25) is 4.79 Å². The zero-order valence-corrected chi connectivity index (χ0v) is 16.4. The lowest BCUT2D eigenvalue weighted by atomic mass is 10.1. The summed E-state index contributed by atoms with van der Waals surface area (Å²) in [6.45, 7) is 7.57. The molecule has 24 heavy (non-hydrogen) atoms. The van der Waals surface area contributed by atoms with Crippen LogP contribution in [0, 0.1) is 0 Å². The first-order valence-corrected chi connectivity index (χ1v) is 10.2. The summed E-state index contributed by atoms with van der Waals surface area (Å²) in [7, 11) is -1.42. The number of amides is 1. The highest BCUT2D eigenvalue weighted by atomic mass is 35.5. The second kappa shape index (κ2) is 9.91. The Hall–Kier alpha value is -0.410. The number of hydrogen-bond acceptors (Lipinski definition) is 5. The van der Waals surface area contributed by atoms with Crippen molar-refractivity contribution in [3.05, 3.63) is 0 Å². The molecular weight excluding hydrogens is 352 g/mol. The summed E-state index contributed by atoms with van der Waals surface area (Å²) in [5, 5.41) is 3.25. The molecule has 2 rings (SSSR count). The van der Waals surface area contributed by atoms with E-state index >= 15 is 0 Å². The second-order valence-corrected chi connectivity index (χ2v) is 8.69. The van der Waals surface area contributed by atoms with Gasteiger partial charge >= 0.3 is 0 Å². The van der Waals surface area contributed by atoms with E-state index in [1.54, 1.807) is 14.0 Å². The number of halogens is 1. The fourth-order valence-corrected chi connectivity index (χ4v) is 4.34. The third kappa shape index (κ3) is 5.84. The zero-order chi connectivity index (χ0) is 16.9. The Morgan fingerprint density at radius 3 is 2.29 bits per heavy atom. The normalized spacial score (nSPS) is 20.9. The van der Waals surface area contributed by atoms with Crippen molar-refractivity contribution in [3.8, 4) is 0 Å². The van der Waals surface area contributed by atoms with E-state index in [0.717, 1.165) is 58.7 Å². The van der Waals surface area contributed by atoms with E-state index in [0.29, 0.717) is 6.42 Å². The predicted molar refractivity (Wildman–Crippen MR) is 98.0 cm³/mol. The number of carbonyl (C=O) groups excluding carboxylic acids is 1. The van der Waals surface area contributed by atoms with Gasteiger partial charge in [-0.2, -0.15) is 0 Å². The van der Waals surface area contributed by atoms with Crippen molar-refractivity contribution in [2.75, 3.05) is 58.6 Å². The number of nitrogens with zero attached hydrogens (tertiary/aromatic N) is 3. The first-order valence-electron chi connectivity index (χ1n) is 8.60. The van der Waals surface area contributed by atoms with Gasteiger partial charge in [0, 0.05) is 52.2 Å². The molecule has 0 bridgehead atoms. The molecule has 0 atom stereocenters. The Labute approximate surface area is 152 Å². The summed E-state index contributed by atoms with van der Waals surface area (Å²) in [6.07, 6.45) is 2.25. The number of carbonyl (C=O) groups is 1. The van der Waals surface area contributed by atoms with Crippen molar-refractivity contribution in [2.45, 2.75) is 32.2 Å². The highest BCUT2D eigenvalue weighted by Gasteiger charge is 2.28. The molecule has 9 heteroatoms. The standard InChI is InChI=1S/C15H30N4O3S.ClH/c1-3-23(21,22)17(2)14-4-9-18(10-5-14)11-6-15(20)19-12-7-16-8-13-19;/h14,16H,3-13H2,1-2H3;1H. The van der Waals surface area contributed by atoms with Gasteiger partial charge < -0.3 is 15.1 Å². The molecule has 2 heterocycles. The Bertz CT molecular complexity index is 489. The minimum atomic E-state index is -3.11. The average molecular weight is 383 g/mol. The summed E-state index contributed by atoms with van der Waals surface area (Å²) >= 11 is 0. The van der Waals surface area contributed by atoms with E-state index in [2.05, 4.69) is 10.2 Å². The maximum absolute atomic E-state index is 12.2. The molecule has 0 aromatic carbocycles. The van der Waals surface area contributed by atoms with Crippen LogP contribution in [0.5, 0.6) is 0 Å². The molecule has 1 N–H and O–H groups in total. The number of nitrogens with one attached hydrogen (secondary N) is 1. The summed E-state index contributed by atoms with van der Waals surface area (Å²) in [6, 6.07) is 0.0973. The van der Waals surface area contributed by atoms with Crippen molar-refractivity contribution in [1.29, 1.82) is 0 Å². The minimum absolute atomic E-state index is 0. The quantitative estimate of drug-likeness (QED) is 0.698. The summed E-state index contributed by atoms with van der Waals surface area (Å²) in [5.74, 6) is 0.391. The fraction of sp³-hybridized carbons (Fsp3) is 0.933. The van der Waals surface area contributed by atoms with Gasteiger partial charge in [0.1, 0.15) is 0 Å². The molecule has 2 saturated heterocycles. The number of sulfonamides is 1. The Morgan fingerprint density at radius 1 is 1.17 bits per heavy atom. The van der Waals surface area contributed by atoms with E-state index in [4.69, 9.17) is 0 Å². The lowest BCUT2D eigenvalue weighted by Gasteiger charge is -2.36.